The first kappa shape index (κ1) is 21.2. The van der Waals surface area contributed by atoms with Gasteiger partial charge in [0.2, 0.25) is 11.9 Å². The minimum Gasteiger partial charge on any atom is -0.391 e. The second-order valence-corrected chi connectivity index (χ2v) is 6.52. The van der Waals surface area contributed by atoms with Gasteiger partial charge in [-0.3, -0.25) is 0 Å². The average Bonchev–Trinajstić information content (AvgIpc) is 2.67. The number of nitrogens with one attached hydrogen (secondary N) is 4. The Morgan fingerprint density at radius 1 is 0.926 bits per heavy atom. The predicted octanol–water partition coefficient (Wildman–Crippen LogP) is 2.46. The smallest absolute Gasteiger partial charge is 0.225 e. The van der Waals surface area contributed by atoms with Gasteiger partial charge in [-0.2, -0.15) is 9.97 Å². The number of aliphatic hydroxyl groups excluding tert-OH is 1. The van der Waals surface area contributed by atoms with Crippen LogP contribution in [-0.2, 0) is 0 Å². The fraction of sp³-hybridized carbons (Fsp3) is 0.647. The van der Waals surface area contributed by atoms with E-state index in [1.54, 1.807) is 7.05 Å². The van der Waals surface area contributed by atoms with Crippen LogP contribution in [0.2, 0.25) is 0 Å². The van der Waals surface area contributed by atoms with Crippen molar-refractivity contribution in [2.24, 2.45) is 0 Å². The van der Waals surface area contributed by atoms with Crippen LogP contribution in [0.25, 0.3) is 11.0 Å². The monoisotopic (exact) mass is 396 g/mol. The molecule has 2 atom stereocenters. The third-order valence-corrected chi connectivity index (χ3v) is 4.59. The Bertz CT molecular complexity index is 759. The molecule has 0 aliphatic heterocycles. The number of nitrogens with zero attached hydrogens (tertiary/aromatic N) is 4. The van der Waals surface area contributed by atoms with Gasteiger partial charge in [-0.05, 0) is 19.3 Å². The van der Waals surface area contributed by atoms with E-state index < -0.39 is 0 Å². The molecule has 0 spiro atoms. The van der Waals surface area contributed by atoms with Crippen molar-refractivity contribution < 1.29 is 5.11 Å². The lowest BCUT2D eigenvalue weighted by Crippen LogP contribution is -2.36. The van der Waals surface area contributed by atoms with Crippen LogP contribution in [0.1, 0.15) is 39.0 Å². The van der Waals surface area contributed by atoms with Crippen molar-refractivity contribution in [3.05, 3.63) is 0 Å². The first-order valence-electron chi connectivity index (χ1n) is 9.30. The number of fused-ring (bicyclic) bond motifs is 1. The Labute approximate surface area is 165 Å². The maximum atomic E-state index is 10.2. The second-order valence-electron chi connectivity index (χ2n) is 6.52. The lowest BCUT2D eigenvalue weighted by molar-refractivity contribution is 0.116. The summed E-state index contributed by atoms with van der Waals surface area (Å²) in [6.07, 6.45) is 4.48. The molecule has 1 fully saturated rings. The molecule has 0 unspecified atom stereocenters. The van der Waals surface area contributed by atoms with Crippen molar-refractivity contribution >= 4 is 47.0 Å². The van der Waals surface area contributed by atoms with Crippen LogP contribution in [0, 0.1) is 0 Å². The average molecular weight is 397 g/mol. The van der Waals surface area contributed by atoms with E-state index in [1.165, 1.54) is 0 Å². The summed E-state index contributed by atoms with van der Waals surface area (Å²) in [6, 6.07) is -0.0321. The molecule has 1 saturated carbocycles. The molecule has 1 aliphatic carbocycles. The van der Waals surface area contributed by atoms with E-state index in [1.807, 2.05) is 7.05 Å². The molecule has 2 aromatic heterocycles. The Kier molecular flexibility index (Phi) is 7.61. The van der Waals surface area contributed by atoms with E-state index in [0.29, 0.717) is 34.6 Å². The normalized spacial score (nSPS) is 19.3. The number of rotatable bonds is 7. The number of aliphatic hydroxyl groups is 1. The molecule has 2 heterocycles. The van der Waals surface area contributed by atoms with Crippen LogP contribution in [0.15, 0.2) is 0 Å². The Balaban J connectivity index is 0.00000261. The standard InChI is InChI=1S/C17H28N8O.ClH/c1-4-9-20-16-22-12-13(14(18-2)24-16)23-17(25-15(12)19-3)21-10-7-5-6-8-11(10)26;/h10-11,26H,4-9H2,1-3H3,(H2,18,20,22,24)(H2,19,21,23,25);1H/t10-,11-;/m1./s1. The highest BCUT2D eigenvalue weighted by molar-refractivity contribution is 5.94. The number of hydrogen-bond acceptors (Lipinski definition) is 9. The number of aromatic nitrogens is 4. The zero-order valence-corrected chi connectivity index (χ0v) is 16.9. The van der Waals surface area contributed by atoms with E-state index in [0.717, 1.165) is 38.6 Å². The third kappa shape index (κ3) is 4.78. The topological polar surface area (TPSA) is 120 Å². The van der Waals surface area contributed by atoms with Crippen LogP contribution >= 0.6 is 12.4 Å². The van der Waals surface area contributed by atoms with Gasteiger partial charge in [-0.1, -0.05) is 19.8 Å². The Morgan fingerprint density at radius 3 is 2.11 bits per heavy atom. The van der Waals surface area contributed by atoms with Gasteiger partial charge < -0.3 is 26.4 Å². The second kappa shape index (κ2) is 9.70. The highest BCUT2D eigenvalue weighted by atomic mass is 35.5. The molecule has 10 heteroatoms. The van der Waals surface area contributed by atoms with E-state index >= 15 is 0 Å². The Hall–Kier alpha value is -2.13. The van der Waals surface area contributed by atoms with Crippen molar-refractivity contribution in [3.63, 3.8) is 0 Å². The maximum absolute atomic E-state index is 10.2. The molecule has 5 N–H and O–H groups in total. The van der Waals surface area contributed by atoms with Crippen LogP contribution in [-0.4, -0.2) is 57.8 Å². The first-order chi connectivity index (χ1) is 12.7. The number of hydrogen-bond donors (Lipinski definition) is 5. The molecule has 0 bridgehead atoms. The molecule has 0 radical (unpaired) electrons. The zero-order chi connectivity index (χ0) is 18.5. The van der Waals surface area contributed by atoms with Gasteiger partial charge in [-0.25, -0.2) is 9.97 Å². The van der Waals surface area contributed by atoms with Crippen molar-refractivity contribution in [2.45, 2.75) is 51.2 Å². The lowest BCUT2D eigenvalue weighted by atomic mass is 9.93. The van der Waals surface area contributed by atoms with Gasteiger partial charge in [0.15, 0.2) is 11.6 Å². The zero-order valence-electron chi connectivity index (χ0n) is 16.0. The molecule has 27 heavy (non-hydrogen) atoms. The van der Waals surface area contributed by atoms with Crippen molar-refractivity contribution in [1.29, 1.82) is 0 Å². The van der Waals surface area contributed by atoms with Crippen LogP contribution < -0.4 is 21.3 Å². The molecule has 0 amide bonds. The van der Waals surface area contributed by atoms with Crippen LogP contribution in [0.5, 0.6) is 0 Å². The predicted molar refractivity (Wildman–Crippen MR) is 112 cm³/mol. The summed E-state index contributed by atoms with van der Waals surface area (Å²) in [4.78, 5) is 18.2. The van der Waals surface area contributed by atoms with E-state index in [4.69, 9.17) is 0 Å². The molecular formula is C17H29ClN8O. The minimum atomic E-state index is -0.373. The molecule has 3 rings (SSSR count). The summed E-state index contributed by atoms with van der Waals surface area (Å²) in [5.41, 5.74) is 1.29. The number of anilines is 4. The van der Waals surface area contributed by atoms with Crippen molar-refractivity contribution in [3.8, 4) is 0 Å². The first-order valence-corrected chi connectivity index (χ1v) is 9.30. The summed E-state index contributed by atoms with van der Waals surface area (Å²) >= 11 is 0. The molecule has 0 aromatic carbocycles. The quantitative estimate of drug-likeness (QED) is 0.480. The van der Waals surface area contributed by atoms with Crippen LogP contribution in [0.3, 0.4) is 0 Å². The summed E-state index contributed by atoms with van der Waals surface area (Å²) in [7, 11) is 3.62. The van der Waals surface area contributed by atoms with Crippen LogP contribution in [0.4, 0.5) is 23.5 Å². The summed E-state index contributed by atoms with van der Waals surface area (Å²) in [5.74, 6) is 2.29. The molecule has 150 valence electrons. The largest absolute Gasteiger partial charge is 0.391 e. The highest BCUT2D eigenvalue weighted by Crippen LogP contribution is 2.28. The fourth-order valence-corrected chi connectivity index (χ4v) is 3.19. The van der Waals surface area contributed by atoms with E-state index in [9.17, 15) is 5.11 Å². The van der Waals surface area contributed by atoms with Gasteiger partial charge in [0.25, 0.3) is 0 Å². The molecule has 0 saturated heterocycles. The number of halogens is 1. The molecular weight excluding hydrogens is 368 g/mol. The fourth-order valence-electron chi connectivity index (χ4n) is 3.19. The highest BCUT2D eigenvalue weighted by Gasteiger charge is 2.24. The molecule has 9 nitrogen and oxygen atoms in total. The molecule has 2 aromatic rings. The van der Waals surface area contributed by atoms with Gasteiger partial charge >= 0.3 is 0 Å². The van der Waals surface area contributed by atoms with Gasteiger partial charge in [0, 0.05) is 20.6 Å². The summed E-state index contributed by atoms with van der Waals surface area (Å²) < 4.78 is 0. The maximum Gasteiger partial charge on any atom is 0.225 e. The summed E-state index contributed by atoms with van der Waals surface area (Å²) in [5, 5.41) is 22.9. The van der Waals surface area contributed by atoms with Gasteiger partial charge in [0.05, 0.1) is 12.1 Å². The minimum absolute atomic E-state index is 0. The van der Waals surface area contributed by atoms with E-state index in [2.05, 4.69) is 48.1 Å². The van der Waals surface area contributed by atoms with E-state index in [-0.39, 0.29) is 24.6 Å². The van der Waals surface area contributed by atoms with Gasteiger partial charge in [0.1, 0.15) is 11.0 Å². The van der Waals surface area contributed by atoms with Crippen molar-refractivity contribution in [2.75, 3.05) is 41.9 Å². The molecule has 1 aliphatic rings. The lowest BCUT2D eigenvalue weighted by Gasteiger charge is -2.28. The Morgan fingerprint density at radius 2 is 1.52 bits per heavy atom. The SMILES string of the molecule is CCCNc1nc(NC)c2nc(N[C@@H]3CCCC[C@H]3O)nc(NC)c2n1.Cl. The third-order valence-electron chi connectivity index (χ3n) is 4.59. The van der Waals surface area contributed by atoms with Gasteiger partial charge in [-0.15, -0.1) is 12.4 Å². The van der Waals surface area contributed by atoms with Crippen molar-refractivity contribution in [1.82, 2.24) is 19.9 Å². The summed E-state index contributed by atoms with van der Waals surface area (Å²) in [6.45, 7) is 2.89.